The average molecular weight is 290 g/mol. The van der Waals surface area contributed by atoms with Crippen molar-refractivity contribution in [2.24, 2.45) is 0 Å². The predicted octanol–water partition coefficient (Wildman–Crippen LogP) is 3.18. The Morgan fingerprint density at radius 1 is 1.15 bits per heavy atom. The summed E-state index contributed by atoms with van der Waals surface area (Å²) in [4.78, 5) is 1.38. The Morgan fingerprint density at radius 3 is 2.70 bits per heavy atom. The maximum Gasteiger partial charge on any atom is 0.146 e. The molecule has 0 saturated carbocycles. The summed E-state index contributed by atoms with van der Waals surface area (Å²) in [6.45, 7) is 2.43. The summed E-state index contributed by atoms with van der Waals surface area (Å²) >= 11 is 5.92. The maximum atomic E-state index is 10.0. The predicted molar refractivity (Wildman–Crippen MR) is 76.7 cm³/mol. The number of halogens is 1. The Labute approximate surface area is 120 Å². The molecule has 20 heavy (non-hydrogen) atoms. The fourth-order valence-corrected chi connectivity index (χ4v) is 2.09. The van der Waals surface area contributed by atoms with Crippen LogP contribution in [0.15, 0.2) is 36.4 Å². The van der Waals surface area contributed by atoms with Gasteiger partial charge in [0, 0.05) is 11.1 Å². The van der Waals surface area contributed by atoms with Crippen molar-refractivity contribution < 1.29 is 9.84 Å². The molecule has 5 nitrogen and oxygen atoms in total. The van der Waals surface area contributed by atoms with E-state index in [2.05, 4.69) is 10.2 Å². The van der Waals surface area contributed by atoms with Gasteiger partial charge in [-0.15, -0.1) is 15.0 Å². The van der Waals surface area contributed by atoms with Crippen molar-refractivity contribution >= 4 is 22.6 Å². The maximum absolute atomic E-state index is 10.0. The van der Waals surface area contributed by atoms with E-state index in [0.717, 1.165) is 0 Å². The number of benzene rings is 2. The molecule has 0 aliphatic carbocycles. The van der Waals surface area contributed by atoms with E-state index in [-0.39, 0.29) is 5.75 Å². The Kier molecular flexibility index (Phi) is 3.20. The van der Waals surface area contributed by atoms with E-state index in [1.165, 1.54) is 4.80 Å². The van der Waals surface area contributed by atoms with E-state index in [9.17, 15) is 5.11 Å². The van der Waals surface area contributed by atoms with E-state index < -0.39 is 0 Å². The highest BCUT2D eigenvalue weighted by molar-refractivity contribution is 6.31. The van der Waals surface area contributed by atoms with Crippen LogP contribution < -0.4 is 4.74 Å². The quantitative estimate of drug-likeness (QED) is 0.804. The lowest BCUT2D eigenvalue weighted by atomic mass is 10.3. The van der Waals surface area contributed by atoms with Crippen molar-refractivity contribution in [2.45, 2.75) is 6.92 Å². The number of aromatic hydroxyl groups is 1. The SMILES string of the molecule is CCOc1ccc(-n2nc3ccc(Cl)cc3n2)c(O)c1. The molecule has 0 saturated heterocycles. The number of rotatable bonds is 3. The molecular formula is C14H12ClN3O2. The van der Waals surface area contributed by atoms with E-state index in [1.807, 2.05) is 6.92 Å². The molecule has 2 aromatic carbocycles. The molecule has 3 aromatic rings. The van der Waals surface area contributed by atoms with Crippen molar-refractivity contribution in [3.8, 4) is 17.2 Å². The van der Waals surface area contributed by atoms with Gasteiger partial charge in [-0.2, -0.15) is 0 Å². The van der Waals surface area contributed by atoms with Crippen LogP contribution >= 0.6 is 11.6 Å². The number of hydrogen-bond acceptors (Lipinski definition) is 4. The van der Waals surface area contributed by atoms with Gasteiger partial charge in [-0.25, -0.2) is 0 Å². The second kappa shape index (κ2) is 5.02. The molecule has 0 spiro atoms. The van der Waals surface area contributed by atoms with Crippen LogP contribution in [-0.2, 0) is 0 Å². The molecule has 0 aliphatic heterocycles. The van der Waals surface area contributed by atoms with Crippen molar-refractivity contribution in [1.82, 2.24) is 15.0 Å². The Balaban J connectivity index is 2.06. The first-order valence-electron chi connectivity index (χ1n) is 6.16. The molecule has 0 atom stereocenters. The van der Waals surface area contributed by atoms with Crippen LogP contribution in [-0.4, -0.2) is 26.7 Å². The molecule has 0 radical (unpaired) electrons. The van der Waals surface area contributed by atoms with Crippen LogP contribution in [0.4, 0.5) is 0 Å². The van der Waals surface area contributed by atoms with Gasteiger partial charge >= 0.3 is 0 Å². The molecule has 0 unspecified atom stereocenters. The molecule has 1 aromatic heterocycles. The van der Waals surface area contributed by atoms with E-state index in [4.69, 9.17) is 16.3 Å². The summed E-state index contributed by atoms with van der Waals surface area (Å²) in [6.07, 6.45) is 0. The zero-order valence-electron chi connectivity index (χ0n) is 10.7. The zero-order chi connectivity index (χ0) is 14.1. The van der Waals surface area contributed by atoms with E-state index in [0.29, 0.717) is 34.1 Å². The third kappa shape index (κ3) is 2.28. The number of aromatic nitrogens is 3. The lowest BCUT2D eigenvalue weighted by Crippen LogP contribution is -1.99. The summed E-state index contributed by atoms with van der Waals surface area (Å²) in [5.41, 5.74) is 1.87. The fraction of sp³-hybridized carbons (Fsp3) is 0.143. The largest absolute Gasteiger partial charge is 0.505 e. The van der Waals surface area contributed by atoms with Crippen LogP contribution in [0.2, 0.25) is 5.02 Å². The summed E-state index contributed by atoms with van der Waals surface area (Å²) in [5, 5.41) is 19.2. The minimum absolute atomic E-state index is 0.0577. The summed E-state index contributed by atoms with van der Waals surface area (Å²) in [5.74, 6) is 0.663. The highest BCUT2D eigenvalue weighted by atomic mass is 35.5. The first-order valence-corrected chi connectivity index (χ1v) is 6.54. The smallest absolute Gasteiger partial charge is 0.146 e. The molecule has 0 bridgehead atoms. The molecule has 1 heterocycles. The standard InChI is InChI=1S/C14H12ClN3O2/c1-2-20-10-4-6-13(14(19)8-10)18-16-11-5-3-9(15)7-12(11)17-18/h3-8,19H,2H2,1H3. The Morgan fingerprint density at radius 2 is 1.95 bits per heavy atom. The molecule has 102 valence electrons. The number of phenols is 1. The van der Waals surface area contributed by atoms with Gasteiger partial charge in [-0.1, -0.05) is 11.6 Å². The molecule has 6 heteroatoms. The highest BCUT2D eigenvalue weighted by Crippen LogP contribution is 2.27. The van der Waals surface area contributed by atoms with Gasteiger partial charge in [0.2, 0.25) is 0 Å². The normalized spacial score (nSPS) is 10.9. The molecular weight excluding hydrogens is 278 g/mol. The third-order valence-corrected chi connectivity index (χ3v) is 3.05. The topological polar surface area (TPSA) is 60.2 Å². The third-order valence-electron chi connectivity index (χ3n) is 2.82. The second-order valence-electron chi connectivity index (χ2n) is 4.21. The molecule has 3 rings (SSSR count). The number of hydrogen-bond donors (Lipinski definition) is 1. The average Bonchev–Trinajstić information content (AvgIpc) is 2.81. The first-order chi connectivity index (χ1) is 9.67. The van der Waals surface area contributed by atoms with Crippen molar-refractivity contribution in [1.29, 1.82) is 0 Å². The zero-order valence-corrected chi connectivity index (χ0v) is 11.5. The van der Waals surface area contributed by atoms with Crippen LogP contribution in [0.25, 0.3) is 16.7 Å². The fourth-order valence-electron chi connectivity index (χ4n) is 1.92. The first kappa shape index (κ1) is 12.7. The van der Waals surface area contributed by atoms with Crippen molar-refractivity contribution in [2.75, 3.05) is 6.61 Å². The van der Waals surface area contributed by atoms with Crippen LogP contribution in [0.3, 0.4) is 0 Å². The number of fused-ring (bicyclic) bond motifs is 1. The van der Waals surface area contributed by atoms with Gasteiger partial charge in [0.25, 0.3) is 0 Å². The van der Waals surface area contributed by atoms with Gasteiger partial charge < -0.3 is 9.84 Å². The van der Waals surface area contributed by atoms with Gasteiger partial charge in [0.1, 0.15) is 28.2 Å². The van der Waals surface area contributed by atoms with Crippen LogP contribution in [0.1, 0.15) is 6.92 Å². The lowest BCUT2D eigenvalue weighted by molar-refractivity contribution is 0.337. The Hall–Kier alpha value is -2.27. The van der Waals surface area contributed by atoms with Crippen LogP contribution in [0.5, 0.6) is 11.5 Å². The van der Waals surface area contributed by atoms with Crippen molar-refractivity contribution in [3.63, 3.8) is 0 Å². The monoisotopic (exact) mass is 289 g/mol. The van der Waals surface area contributed by atoms with E-state index >= 15 is 0 Å². The number of nitrogens with zero attached hydrogens (tertiary/aromatic N) is 3. The van der Waals surface area contributed by atoms with Gasteiger partial charge in [-0.05, 0) is 37.3 Å². The van der Waals surface area contributed by atoms with Gasteiger partial charge in [0.05, 0.1) is 6.61 Å². The summed E-state index contributed by atoms with van der Waals surface area (Å²) < 4.78 is 5.32. The molecule has 0 amide bonds. The number of ether oxygens (including phenoxy) is 1. The summed E-state index contributed by atoms with van der Waals surface area (Å²) in [6, 6.07) is 10.3. The van der Waals surface area contributed by atoms with Crippen molar-refractivity contribution in [3.05, 3.63) is 41.4 Å². The minimum Gasteiger partial charge on any atom is -0.505 e. The number of phenolic OH excluding ortho intramolecular Hbond substituents is 1. The minimum atomic E-state index is 0.0577. The van der Waals surface area contributed by atoms with Gasteiger partial charge in [0.15, 0.2) is 0 Å². The molecule has 0 fully saturated rings. The van der Waals surface area contributed by atoms with Gasteiger partial charge in [-0.3, -0.25) is 0 Å². The lowest BCUT2D eigenvalue weighted by Gasteiger charge is -2.06. The molecule has 1 N–H and O–H groups in total. The highest BCUT2D eigenvalue weighted by Gasteiger charge is 2.10. The van der Waals surface area contributed by atoms with Crippen LogP contribution in [0, 0.1) is 0 Å². The molecule has 0 aliphatic rings. The second-order valence-corrected chi connectivity index (χ2v) is 4.64. The Bertz CT molecular complexity index is 770. The van der Waals surface area contributed by atoms with E-state index in [1.54, 1.807) is 36.4 Å². The summed E-state index contributed by atoms with van der Waals surface area (Å²) in [7, 11) is 0.